The second kappa shape index (κ2) is 3.37. The van der Waals surface area contributed by atoms with Crippen LogP contribution in [0, 0.1) is 0 Å². The predicted octanol–water partition coefficient (Wildman–Crippen LogP) is 1.73. The van der Waals surface area contributed by atoms with E-state index in [1.807, 2.05) is 12.1 Å². The first-order valence-electron chi connectivity index (χ1n) is 5.16. The summed E-state index contributed by atoms with van der Waals surface area (Å²) in [6.45, 7) is 4.34. The maximum atomic E-state index is 9.70. The molecule has 3 N–H and O–H groups in total. The number of fused-ring (bicyclic) bond motifs is 1. The lowest BCUT2D eigenvalue weighted by Gasteiger charge is -2.12. The van der Waals surface area contributed by atoms with Gasteiger partial charge in [0.2, 0.25) is 0 Å². The topological polar surface area (TPSA) is 46.2 Å². The monoisotopic (exact) mass is 191 g/mol. The van der Waals surface area contributed by atoms with Crippen molar-refractivity contribution in [2.24, 2.45) is 5.73 Å². The number of nitrogens with two attached hydrogens (primary N) is 1. The van der Waals surface area contributed by atoms with Gasteiger partial charge in [-0.2, -0.15) is 0 Å². The Kier molecular flexibility index (Phi) is 2.33. The van der Waals surface area contributed by atoms with Crippen molar-refractivity contribution in [2.75, 3.05) is 0 Å². The molecule has 0 radical (unpaired) electrons. The number of hydrogen-bond donors (Lipinski definition) is 2. The minimum absolute atomic E-state index is 0.191. The first-order chi connectivity index (χ1) is 6.61. The van der Waals surface area contributed by atoms with E-state index in [-0.39, 0.29) is 6.04 Å². The third-order valence-electron chi connectivity index (χ3n) is 3.06. The van der Waals surface area contributed by atoms with Crippen molar-refractivity contribution in [3.8, 4) is 0 Å². The number of hydrogen-bond acceptors (Lipinski definition) is 2. The maximum Gasteiger partial charge on any atom is 0.0773 e. The van der Waals surface area contributed by atoms with Crippen LogP contribution in [0.1, 0.15) is 42.5 Å². The van der Waals surface area contributed by atoms with Gasteiger partial charge in [-0.05, 0) is 22.6 Å². The van der Waals surface area contributed by atoms with E-state index >= 15 is 0 Å². The van der Waals surface area contributed by atoms with E-state index in [0.29, 0.717) is 12.3 Å². The van der Waals surface area contributed by atoms with Gasteiger partial charge >= 0.3 is 0 Å². The van der Waals surface area contributed by atoms with E-state index in [2.05, 4.69) is 19.9 Å². The third-order valence-corrected chi connectivity index (χ3v) is 3.06. The summed E-state index contributed by atoms with van der Waals surface area (Å²) in [6.07, 6.45) is 0.315. The Bertz CT molecular complexity index is 346. The summed E-state index contributed by atoms with van der Waals surface area (Å²) in [4.78, 5) is 0. The molecule has 0 amide bonds. The number of aliphatic hydroxyl groups excluding tert-OH is 1. The third kappa shape index (κ3) is 1.35. The van der Waals surface area contributed by atoms with Crippen LogP contribution in [0.15, 0.2) is 18.2 Å². The van der Waals surface area contributed by atoms with Crippen molar-refractivity contribution in [3.05, 3.63) is 34.9 Å². The Hall–Kier alpha value is -0.860. The molecule has 2 nitrogen and oxygen atoms in total. The molecule has 1 aromatic rings. The standard InChI is InChI=1S/C12H17NO/c1-7(2)8-4-3-5-9-10(8)6-11(14)12(9)13/h3-5,7,11-12,14H,6,13H2,1-2H3/t11-,12+/m0/s1. The van der Waals surface area contributed by atoms with Crippen LogP contribution in [0.5, 0.6) is 0 Å². The van der Waals surface area contributed by atoms with Crippen molar-refractivity contribution in [3.63, 3.8) is 0 Å². The molecule has 1 aliphatic rings. The fraction of sp³-hybridized carbons (Fsp3) is 0.500. The van der Waals surface area contributed by atoms with Crippen molar-refractivity contribution >= 4 is 0 Å². The van der Waals surface area contributed by atoms with Crippen LogP contribution in [-0.4, -0.2) is 11.2 Å². The zero-order chi connectivity index (χ0) is 10.3. The Morgan fingerprint density at radius 3 is 2.79 bits per heavy atom. The molecule has 0 saturated heterocycles. The summed E-state index contributed by atoms with van der Waals surface area (Å²) in [5.74, 6) is 0.502. The van der Waals surface area contributed by atoms with E-state index in [4.69, 9.17) is 5.73 Å². The molecule has 0 bridgehead atoms. The molecule has 1 aromatic carbocycles. The molecule has 0 fully saturated rings. The molecule has 0 saturated carbocycles. The quantitative estimate of drug-likeness (QED) is 0.710. The van der Waals surface area contributed by atoms with Crippen LogP contribution >= 0.6 is 0 Å². The van der Waals surface area contributed by atoms with Gasteiger partial charge in [-0.1, -0.05) is 32.0 Å². The van der Waals surface area contributed by atoms with Gasteiger partial charge in [0.05, 0.1) is 12.1 Å². The van der Waals surface area contributed by atoms with Gasteiger partial charge in [0.25, 0.3) is 0 Å². The van der Waals surface area contributed by atoms with Crippen LogP contribution < -0.4 is 5.73 Å². The Morgan fingerprint density at radius 2 is 2.14 bits per heavy atom. The van der Waals surface area contributed by atoms with Crippen molar-refractivity contribution < 1.29 is 5.11 Å². The lowest BCUT2D eigenvalue weighted by molar-refractivity contribution is 0.158. The lowest BCUT2D eigenvalue weighted by Crippen LogP contribution is -2.21. The van der Waals surface area contributed by atoms with Crippen LogP contribution in [0.25, 0.3) is 0 Å². The zero-order valence-corrected chi connectivity index (χ0v) is 8.70. The van der Waals surface area contributed by atoms with Gasteiger partial charge in [-0.15, -0.1) is 0 Å². The minimum atomic E-state index is -0.398. The van der Waals surface area contributed by atoms with E-state index in [0.717, 1.165) is 5.56 Å². The molecule has 0 spiro atoms. The molecule has 2 heteroatoms. The minimum Gasteiger partial charge on any atom is -0.391 e. The summed E-state index contributed by atoms with van der Waals surface area (Å²) in [5, 5.41) is 9.70. The highest BCUT2D eigenvalue weighted by atomic mass is 16.3. The van der Waals surface area contributed by atoms with Crippen LogP contribution in [0.4, 0.5) is 0 Å². The largest absolute Gasteiger partial charge is 0.391 e. The molecule has 0 heterocycles. The van der Waals surface area contributed by atoms with E-state index < -0.39 is 6.10 Å². The van der Waals surface area contributed by atoms with Gasteiger partial charge in [-0.25, -0.2) is 0 Å². The summed E-state index contributed by atoms with van der Waals surface area (Å²) in [7, 11) is 0. The highest BCUT2D eigenvalue weighted by Crippen LogP contribution is 2.34. The molecule has 14 heavy (non-hydrogen) atoms. The van der Waals surface area contributed by atoms with Crippen LogP contribution in [-0.2, 0) is 6.42 Å². The van der Waals surface area contributed by atoms with Gasteiger partial charge < -0.3 is 10.8 Å². The number of rotatable bonds is 1. The molecule has 1 aliphatic carbocycles. The SMILES string of the molecule is CC(C)c1cccc2c1C[C@H](O)[C@@H]2N. The fourth-order valence-corrected chi connectivity index (χ4v) is 2.26. The van der Waals surface area contributed by atoms with E-state index in [1.54, 1.807) is 0 Å². The summed E-state index contributed by atoms with van der Waals surface area (Å²) in [6, 6.07) is 6.01. The summed E-state index contributed by atoms with van der Waals surface area (Å²) < 4.78 is 0. The smallest absolute Gasteiger partial charge is 0.0773 e. The van der Waals surface area contributed by atoms with Gasteiger partial charge in [0.1, 0.15) is 0 Å². The van der Waals surface area contributed by atoms with Crippen LogP contribution in [0.3, 0.4) is 0 Å². The van der Waals surface area contributed by atoms with Crippen molar-refractivity contribution in [1.29, 1.82) is 0 Å². The first kappa shape index (κ1) is 9.69. The second-order valence-corrected chi connectivity index (χ2v) is 4.37. The molecule has 0 aromatic heterocycles. The average Bonchev–Trinajstić information content (AvgIpc) is 2.43. The molecular formula is C12H17NO. The molecular weight excluding hydrogens is 174 g/mol. The predicted molar refractivity (Wildman–Crippen MR) is 57.2 cm³/mol. The fourth-order valence-electron chi connectivity index (χ4n) is 2.26. The number of benzene rings is 1. The Labute approximate surface area is 84.7 Å². The van der Waals surface area contributed by atoms with Crippen molar-refractivity contribution in [1.82, 2.24) is 0 Å². The summed E-state index contributed by atoms with van der Waals surface area (Å²) >= 11 is 0. The lowest BCUT2D eigenvalue weighted by atomic mass is 9.94. The number of aliphatic hydroxyl groups is 1. The van der Waals surface area contributed by atoms with E-state index in [9.17, 15) is 5.11 Å². The molecule has 2 rings (SSSR count). The molecule has 0 aliphatic heterocycles. The first-order valence-corrected chi connectivity index (χ1v) is 5.16. The molecule has 2 atom stereocenters. The molecule has 0 unspecified atom stereocenters. The van der Waals surface area contributed by atoms with Gasteiger partial charge in [0, 0.05) is 6.42 Å². The van der Waals surface area contributed by atoms with Gasteiger partial charge in [-0.3, -0.25) is 0 Å². The Balaban J connectivity index is 2.50. The molecule has 76 valence electrons. The van der Waals surface area contributed by atoms with Crippen LogP contribution in [0.2, 0.25) is 0 Å². The highest BCUT2D eigenvalue weighted by Gasteiger charge is 2.29. The van der Waals surface area contributed by atoms with Crippen molar-refractivity contribution in [2.45, 2.75) is 38.3 Å². The Morgan fingerprint density at radius 1 is 1.43 bits per heavy atom. The van der Waals surface area contributed by atoms with Gasteiger partial charge in [0.15, 0.2) is 0 Å². The summed E-state index contributed by atoms with van der Waals surface area (Å²) in [5.41, 5.74) is 9.63. The normalized spacial score (nSPS) is 25.5. The highest BCUT2D eigenvalue weighted by molar-refractivity contribution is 5.43. The zero-order valence-electron chi connectivity index (χ0n) is 8.70. The maximum absolute atomic E-state index is 9.70. The second-order valence-electron chi connectivity index (χ2n) is 4.37. The average molecular weight is 191 g/mol. The van der Waals surface area contributed by atoms with E-state index in [1.165, 1.54) is 11.1 Å².